The maximum Gasteiger partial charge on any atom is 0.279 e. The fourth-order valence-corrected chi connectivity index (χ4v) is 5.13. The van der Waals surface area contributed by atoms with E-state index in [4.69, 9.17) is 0 Å². The van der Waals surface area contributed by atoms with Crippen LogP contribution in [-0.2, 0) is 10.2 Å². The molecule has 0 amide bonds. The Bertz CT molecular complexity index is 778. The van der Waals surface area contributed by atoms with Crippen LogP contribution in [0.1, 0.15) is 43.2 Å². The third kappa shape index (κ3) is 4.96. The molecule has 1 fully saturated rings. The largest absolute Gasteiger partial charge is 0.388 e. The van der Waals surface area contributed by atoms with Gasteiger partial charge in [-0.05, 0) is 30.9 Å². The second kappa shape index (κ2) is 8.52. The average molecular weight is 389 g/mol. The van der Waals surface area contributed by atoms with Crippen molar-refractivity contribution in [2.24, 2.45) is 0 Å². The summed E-state index contributed by atoms with van der Waals surface area (Å²) in [4.78, 5) is 0. The summed E-state index contributed by atoms with van der Waals surface area (Å²) < 4.78 is 29.4. The van der Waals surface area contributed by atoms with E-state index in [2.05, 4.69) is 4.72 Å². The van der Waals surface area contributed by atoms with Crippen molar-refractivity contribution in [1.29, 1.82) is 0 Å². The number of hydrogen-bond acceptors (Lipinski definition) is 3. The third-order valence-corrected chi connectivity index (χ3v) is 6.71. The van der Waals surface area contributed by atoms with Crippen molar-refractivity contribution >= 4 is 10.2 Å². The topological polar surface area (TPSA) is 69.6 Å². The molecule has 2 aromatic rings. The Balaban J connectivity index is 1.83. The van der Waals surface area contributed by atoms with Crippen molar-refractivity contribution in [3.63, 3.8) is 0 Å². The molecular weight excluding hydrogens is 360 g/mol. The lowest BCUT2D eigenvalue weighted by atomic mass is 9.78. The Morgan fingerprint density at radius 2 is 1.44 bits per heavy atom. The van der Waals surface area contributed by atoms with Gasteiger partial charge in [0.25, 0.3) is 10.2 Å². The summed E-state index contributed by atoms with van der Waals surface area (Å²) in [7, 11) is -3.59. The second-order valence-corrected chi connectivity index (χ2v) is 9.15. The van der Waals surface area contributed by atoms with E-state index in [0.29, 0.717) is 13.1 Å². The van der Waals surface area contributed by atoms with Crippen LogP contribution in [0, 0.1) is 0 Å². The van der Waals surface area contributed by atoms with Gasteiger partial charge in [0.2, 0.25) is 0 Å². The maximum atomic E-state index is 12.6. The highest BCUT2D eigenvalue weighted by Crippen LogP contribution is 2.34. The molecule has 1 heterocycles. The lowest BCUT2D eigenvalue weighted by Crippen LogP contribution is -2.50. The van der Waals surface area contributed by atoms with Gasteiger partial charge in [-0.25, -0.2) is 0 Å². The highest BCUT2D eigenvalue weighted by Gasteiger charge is 2.36. The number of hydrogen-bond donors (Lipinski definition) is 2. The normalized spacial score (nSPS) is 18.3. The number of benzene rings is 2. The Kier molecular flexibility index (Phi) is 6.32. The predicted octanol–water partition coefficient (Wildman–Crippen LogP) is 2.89. The van der Waals surface area contributed by atoms with Crippen LogP contribution in [-0.4, -0.2) is 43.1 Å². The van der Waals surface area contributed by atoms with Gasteiger partial charge in [0.15, 0.2) is 0 Å². The second-order valence-electron chi connectivity index (χ2n) is 7.40. The van der Waals surface area contributed by atoms with Crippen molar-refractivity contribution in [3.8, 4) is 0 Å². The maximum absolute atomic E-state index is 12.6. The molecule has 1 aliphatic heterocycles. The van der Waals surface area contributed by atoms with E-state index < -0.39 is 15.8 Å². The van der Waals surface area contributed by atoms with Gasteiger partial charge in [-0.1, -0.05) is 67.1 Å². The molecule has 0 aliphatic carbocycles. The molecule has 0 spiro atoms. The highest BCUT2D eigenvalue weighted by atomic mass is 32.2. The van der Waals surface area contributed by atoms with Gasteiger partial charge in [-0.15, -0.1) is 0 Å². The van der Waals surface area contributed by atoms with Crippen molar-refractivity contribution in [2.75, 3.05) is 19.6 Å². The standard InChI is InChI=1S/C21H28N2O3S/c1-21(24,17-22-27(25,26)23-15-9-4-10-16-23)20(18-11-5-2-6-12-18)19-13-7-3-8-14-19/h2-3,5-8,11-14,20,22,24H,4,9-10,15-17H2,1H3/t21-/m0/s1. The molecule has 3 rings (SSSR count). The summed E-state index contributed by atoms with van der Waals surface area (Å²) in [6.07, 6.45) is 2.83. The van der Waals surface area contributed by atoms with Gasteiger partial charge in [-0.3, -0.25) is 0 Å². The molecular formula is C21H28N2O3S. The Labute approximate surface area is 162 Å². The molecule has 0 aromatic heterocycles. The fraction of sp³-hybridized carbons (Fsp3) is 0.429. The lowest BCUT2D eigenvalue weighted by Gasteiger charge is -2.35. The van der Waals surface area contributed by atoms with E-state index in [1.54, 1.807) is 6.92 Å². The first-order chi connectivity index (χ1) is 12.9. The van der Waals surface area contributed by atoms with Crippen molar-refractivity contribution < 1.29 is 13.5 Å². The molecule has 0 radical (unpaired) electrons. The first-order valence-corrected chi connectivity index (χ1v) is 10.9. The summed E-state index contributed by atoms with van der Waals surface area (Å²) in [5.74, 6) is -0.344. The van der Waals surface area contributed by atoms with E-state index in [-0.39, 0.29) is 12.5 Å². The van der Waals surface area contributed by atoms with Crippen LogP contribution in [0.3, 0.4) is 0 Å². The lowest BCUT2D eigenvalue weighted by molar-refractivity contribution is 0.0476. The molecule has 146 valence electrons. The first kappa shape index (κ1) is 20.0. The summed E-state index contributed by atoms with van der Waals surface area (Å²) in [6, 6.07) is 19.4. The molecule has 6 heteroatoms. The van der Waals surface area contributed by atoms with Crippen LogP contribution in [0.15, 0.2) is 60.7 Å². The molecule has 2 aromatic carbocycles. The minimum atomic E-state index is -3.59. The predicted molar refractivity (Wildman–Crippen MR) is 108 cm³/mol. The number of nitrogens with zero attached hydrogens (tertiary/aromatic N) is 1. The van der Waals surface area contributed by atoms with E-state index in [1.165, 1.54) is 4.31 Å². The molecule has 2 N–H and O–H groups in total. The van der Waals surface area contributed by atoms with E-state index in [1.807, 2.05) is 60.7 Å². The van der Waals surface area contributed by atoms with Crippen molar-refractivity contribution in [3.05, 3.63) is 71.8 Å². The molecule has 0 saturated carbocycles. The fourth-order valence-electron chi connectivity index (χ4n) is 3.74. The van der Waals surface area contributed by atoms with Gasteiger partial charge in [-0.2, -0.15) is 17.4 Å². The van der Waals surface area contributed by atoms with E-state index in [0.717, 1.165) is 30.4 Å². The van der Waals surface area contributed by atoms with Gasteiger partial charge in [0.1, 0.15) is 0 Å². The molecule has 27 heavy (non-hydrogen) atoms. The average Bonchev–Trinajstić information content (AvgIpc) is 2.69. The van der Waals surface area contributed by atoms with Crippen LogP contribution in [0.5, 0.6) is 0 Å². The van der Waals surface area contributed by atoms with Gasteiger partial charge < -0.3 is 5.11 Å². The van der Waals surface area contributed by atoms with Crippen LogP contribution in [0.4, 0.5) is 0 Å². The third-order valence-electron chi connectivity index (χ3n) is 5.16. The monoisotopic (exact) mass is 388 g/mol. The smallest absolute Gasteiger partial charge is 0.279 e. The SMILES string of the molecule is C[C@](O)(CNS(=O)(=O)N1CCCCC1)C(c1ccccc1)c1ccccc1. The summed E-state index contributed by atoms with van der Waals surface area (Å²) >= 11 is 0. The minimum absolute atomic E-state index is 0.0553. The van der Waals surface area contributed by atoms with Crippen LogP contribution in [0.25, 0.3) is 0 Å². The first-order valence-electron chi connectivity index (χ1n) is 9.47. The van der Waals surface area contributed by atoms with E-state index >= 15 is 0 Å². The highest BCUT2D eigenvalue weighted by molar-refractivity contribution is 7.87. The van der Waals surface area contributed by atoms with Crippen molar-refractivity contribution in [1.82, 2.24) is 9.03 Å². The number of piperidine rings is 1. The van der Waals surface area contributed by atoms with E-state index in [9.17, 15) is 13.5 Å². The molecule has 1 atom stereocenters. The van der Waals surface area contributed by atoms with Gasteiger partial charge >= 0.3 is 0 Å². The molecule has 5 nitrogen and oxygen atoms in total. The molecule has 1 aliphatic rings. The summed E-state index contributed by atoms with van der Waals surface area (Å²) in [5.41, 5.74) is 0.614. The summed E-state index contributed by atoms with van der Waals surface area (Å²) in [5, 5.41) is 11.3. The minimum Gasteiger partial charge on any atom is -0.388 e. The van der Waals surface area contributed by atoms with Crippen molar-refractivity contribution in [2.45, 2.75) is 37.7 Å². The van der Waals surface area contributed by atoms with Gasteiger partial charge in [0.05, 0.1) is 5.60 Å². The number of aliphatic hydroxyl groups is 1. The zero-order valence-electron chi connectivity index (χ0n) is 15.7. The molecule has 1 saturated heterocycles. The molecule has 0 unspecified atom stereocenters. The zero-order chi connectivity index (χ0) is 19.3. The van der Waals surface area contributed by atoms with Gasteiger partial charge in [0, 0.05) is 25.6 Å². The van der Waals surface area contributed by atoms with Crippen LogP contribution in [0.2, 0.25) is 0 Å². The molecule has 0 bridgehead atoms. The van der Waals surface area contributed by atoms with Crippen LogP contribution >= 0.6 is 0 Å². The quantitative estimate of drug-likeness (QED) is 0.766. The Hall–Kier alpha value is -1.73. The Morgan fingerprint density at radius 1 is 0.963 bits per heavy atom. The number of nitrogens with one attached hydrogen (secondary N) is 1. The Morgan fingerprint density at radius 3 is 1.93 bits per heavy atom. The number of rotatable bonds is 7. The van der Waals surface area contributed by atoms with Crippen LogP contribution < -0.4 is 4.72 Å². The summed E-state index contributed by atoms with van der Waals surface area (Å²) in [6.45, 7) is 2.72. The zero-order valence-corrected chi connectivity index (χ0v) is 16.5.